The van der Waals surface area contributed by atoms with Crippen molar-refractivity contribution < 1.29 is 9.32 Å². The number of hydrogen-bond donors (Lipinski definition) is 0. The van der Waals surface area contributed by atoms with Crippen LogP contribution in [0.15, 0.2) is 56.6 Å². The number of aryl methyl sites for hydroxylation is 4. The number of benzene rings is 2. The van der Waals surface area contributed by atoms with Gasteiger partial charge in [-0.1, -0.05) is 28.9 Å². The van der Waals surface area contributed by atoms with Gasteiger partial charge in [0, 0.05) is 32.1 Å². The Balaban J connectivity index is 1.57. The first kappa shape index (κ1) is 24.8. The highest BCUT2D eigenvalue weighted by molar-refractivity contribution is 5.93. The lowest BCUT2D eigenvalue weighted by atomic mass is 10.1. The fraction of sp³-hybridized carbons (Fsp3) is 0.308. The van der Waals surface area contributed by atoms with Crippen LogP contribution in [-0.2, 0) is 17.8 Å². The lowest BCUT2D eigenvalue weighted by Gasteiger charge is -2.18. The molecule has 10 nitrogen and oxygen atoms in total. The van der Waals surface area contributed by atoms with Crippen molar-refractivity contribution in [1.29, 1.82) is 0 Å². The Hall–Kier alpha value is -4.34. The van der Waals surface area contributed by atoms with Gasteiger partial charge in [-0.15, -0.1) is 0 Å². The molecule has 4 aromatic rings. The fourth-order valence-electron chi connectivity index (χ4n) is 3.70. The normalized spacial score (nSPS) is 11.0. The minimum Gasteiger partial charge on any atom is -0.339 e. The predicted octanol–water partition coefficient (Wildman–Crippen LogP) is 2.98. The van der Waals surface area contributed by atoms with Crippen LogP contribution in [0.25, 0.3) is 17.2 Å². The van der Waals surface area contributed by atoms with Crippen LogP contribution in [0, 0.1) is 20.8 Å². The number of rotatable bonds is 7. The van der Waals surface area contributed by atoms with Gasteiger partial charge in [0.2, 0.25) is 17.6 Å². The molecule has 0 aliphatic heterocycles. The van der Waals surface area contributed by atoms with Crippen molar-refractivity contribution >= 4 is 11.6 Å². The van der Waals surface area contributed by atoms with Gasteiger partial charge < -0.3 is 9.42 Å². The number of aromatic nitrogens is 5. The first-order valence-corrected chi connectivity index (χ1v) is 11.7. The lowest BCUT2D eigenvalue weighted by molar-refractivity contribution is -0.118. The van der Waals surface area contributed by atoms with E-state index in [0.29, 0.717) is 5.69 Å². The Bertz CT molecular complexity index is 1530. The van der Waals surface area contributed by atoms with E-state index in [1.54, 1.807) is 31.0 Å². The predicted molar refractivity (Wildman–Crippen MR) is 135 cm³/mol. The van der Waals surface area contributed by atoms with Crippen LogP contribution in [0.2, 0.25) is 0 Å². The highest BCUT2D eigenvalue weighted by Crippen LogP contribution is 2.19. The number of carbonyl (C=O) groups is 1. The van der Waals surface area contributed by atoms with Gasteiger partial charge in [0.05, 0.1) is 5.69 Å². The summed E-state index contributed by atoms with van der Waals surface area (Å²) in [7, 11) is 1.72. The van der Waals surface area contributed by atoms with Gasteiger partial charge in [-0.2, -0.15) is 14.8 Å². The molecule has 4 rings (SSSR count). The monoisotopic (exact) mass is 488 g/mol. The molecule has 2 aromatic carbocycles. The zero-order valence-electron chi connectivity index (χ0n) is 21.0. The van der Waals surface area contributed by atoms with Gasteiger partial charge in [-0.05, 0) is 63.1 Å². The number of carbonyl (C=O) groups excluding carboxylic acids is 1. The molecule has 186 valence electrons. The van der Waals surface area contributed by atoms with Crippen molar-refractivity contribution in [3.8, 4) is 17.2 Å². The molecule has 0 saturated carbocycles. The Labute approximate surface area is 207 Å². The van der Waals surface area contributed by atoms with Crippen LogP contribution < -0.4 is 16.1 Å². The average Bonchev–Trinajstić information content (AvgIpc) is 3.33. The number of nitrogens with zero attached hydrogens (tertiary/aromatic N) is 6. The second-order valence-electron chi connectivity index (χ2n) is 8.66. The largest absolute Gasteiger partial charge is 0.352 e. The quantitative estimate of drug-likeness (QED) is 0.393. The third-order valence-electron chi connectivity index (χ3n) is 6.14. The molecule has 0 bridgehead atoms. The summed E-state index contributed by atoms with van der Waals surface area (Å²) in [4.78, 5) is 44.4. The van der Waals surface area contributed by atoms with E-state index in [9.17, 15) is 14.4 Å². The van der Waals surface area contributed by atoms with Gasteiger partial charge in [0.15, 0.2) is 5.69 Å². The summed E-state index contributed by atoms with van der Waals surface area (Å²) in [6, 6.07) is 13.0. The molecule has 2 heterocycles. The van der Waals surface area contributed by atoms with Gasteiger partial charge in [0.1, 0.15) is 0 Å². The Morgan fingerprint density at radius 2 is 1.75 bits per heavy atom. The Kier molecular flexibility index (Phi) is 6.96. The van der Waals surface area contributed by atoms with Gasteiger partial charge in [0.25, 0.3) is 5.56 Å². The van der Waals surface area contributed by atoms with E-state index in [2.05, 4.69) is 15.2 Å². The molecule has 0 radical (unpaired) electrons. The topological polar surface area (TPSA) is 116 Å². The van der Waals surface area contributed by atoms with E-state index in [-0.39, 0.29) is 42.7 Å². The number of hydrogen-bond acceptors (Lipinski definition) is 7. The molecular weight excluding hydrogens is 460 g/mol. The average molecular weight is 489 g/mol. The third kappa shape index (κ3) is 4.88. The van der Waals surface area contributed by atoms with Crippen LogP contribution in [0.1, 0.15) is 35.9 Å². The molecule has 0 spiro atoms. The van der Waals surface area contributed by atoms with Crippen molar-refractivity contribution in [2.75, 3.05) is 11.9 Å². The minimum atomic E-state index is -0.608. The van der Waals surface area contributed by atoms with E-state index in [0.717, 1.165) is 31.6 Å². The van der Waals surface area contributed by atoms with E-state index in [1.807, 2.05) is 51.1 Å². The van der Waals surface area contributed by atoms with Crippen molar-refractivity contribution in [3.05, 3.63) is 85.9 Å². The molecular formula is C26H28N6O4. The van der Waals surface area contributed by atoms with Crippen molar-refractivity contribution in [1.82, 2.24) is 24.5 Å². The first-order chi connectivity index (χ1) is 17.2. The summed E-state index contributed by atoms with van der Waals surface area (Å²) >= 11 is 0. The van der Waals surface area contributed by atoms with Crippen LogP contribution in [0.4, 0.5) is 5.69 Å². The molecule has 10 heteroatoms. The third-order valence-corrected chi connectivity index (χ3v) is 6.14. The lowest BCUT2D eigenvalue weighted by Crippen LogP contribution is -2.41. The maximum atomic E-state index is 12.9. The summed E-state index contributed by atoms with van der Waals surface area (Å²) in [5.41, 5.74) is 3.33. The molecule has 36 heavy (non-hydrogen) atoms. The van der Waals surface area contributed by atoms with Crippen LogP contribution in [-0.4, -0.2) is 37.4 Å². The Morgan fingerprint density at radius 3 is 2.42 bits per heavy atom. The highest BCUT2D eigenvalue weighted by atomic mass is 16.5. The SMILES string of the molecule is CCn1c(=O)c(-c2noc(CCC(=O)N(C)c3ccc(C)c(C)c3)n2)nn(-c2ccc(C)cc2)c1=O. The van der Waals surface area contributed by atoms with E-state index in [4.69, 9.17) is 4.52 Å². The van der Waals surface area contributed by atoms with Crippen LogP contribution in [0.3, 0.4) is 0 Å². The molecule has 0 atom stereocenters. The zero-order valence-corrected chi connectivity index (χ0v) is 21.0. The van der Waals surface area contributed by atoms with E-state index >= 15 is 0 Å². The maximum Gasteiger partial charge on any atom is 0.352 e. The van der Waals surface area contributed by atoms with Crippen molar-refractivity contribution in [2.45, 2.75) is 47.1 Å². The summed E-state index contributed by atoms with van der Waals surface area (Å²) in [5, 5.41) is 8.15. The number of amides is 1. The van der Waals surface area contributed by atoms with Crippen molar-refractivity contribution in [2.24, 2.45) is 0 Å². The molecule has 1 amide bonds. The van der Waals surface area contributed by atoms with E-state index < -0.39 is 11.2 Å². The minimum absolute atomic E-state index is 0.0342. The molecule has 2 aromatic heterocycles. The van der Waals surface area contributed by atoms with Crippen LogP contribution in [0.5, 0.6) is 0 Å². The second-order valence-corrected chi connectivity index (χ2v) is 8.66. The maximum absolute atomic E-state index is 12.9. The van der Waals surface area contributed by atoms with Gasteiger partial charge in [-0.3, -0.25) is 14.2 Å². The number of anilines is 1. The zero-order chi connectivity index (χ0) is 26.0. The fourth-order valence-corrected chi connectivity index (χ4v) is 3.70. The van der Waals surface area contributed by atoms with Crippen molar-refractivity contribution in [3.63, 3.8) is 0 Å². The summed E-state index contributed by atoms with van der Waals surface area (Å²) in [6.07, 6.45) is 0.334. The molecule has 0 N–H and O–H groups in total. The Morgan fingerprint density at radius 1 is 1.03 bits per heavy atom. The standard InChI is InChI=1S/C26H28N6O4/c1-6-31-25(34)23(28-32(26(31)35)19-10-7-16(2)8-11-19)24-27-21(36-29-24)13-14-22(33)30(5)20-12-9-17(3)18(4)15-20/h7-12,15H,6,13-14H2,1-5H3. The summed E-state index contributed by atoms with van der Waals surface area (Å²) < 4.78 is 7.52. The smallest absolute Gasteiger partial charge is 0.339 e. The summed E-state index contributed by atoms with van der Waals surface area (Å²) in [6.45, 7) is 7.81. The second kappa shape index (κ2) is 10.1. The van der Waals surface area contributed by atoms with E-state index in [1.165, 1.54) is 0 Å². The summed E-state index contributed by atoms with van der Waals surface area (Å²) in [5.74, 6) is 0.0505. The molecule has 0 unspecified atom stereocenters. The van der Waals surface area contributed by atoms with Gasteiger partial charge in [-0.25, -0.2) is 4.79 Å². The molecule has 0 aliphatic carbocycles. The van der Waals surface area contributed by atoms with Crippen LogP contribution >= 0.6 is 0 Å². The molecule has 0 fully saturated rings. The first-order valence-electron chi connectivity index (χ1n) is 11.7. The molecule has 0 saturated heterocycles. The highest BCUT2D eigenvalue weighted by Gasteiger charge is 2.21. The molecule has 0 aliphatic rings. The van der Waals surface area contributed by atoms with Gasteiger partial charge >= 0.3 is 5.69 Å².